The Morgan fingerprint density at radius 1 is 0.833 bits per heavy atom. The second kappa shape index (κ2) is 4.21. The minimum absolute atomic E-state index is 0.723. The van der Waals surface area contributed by atoms with Crippen molar-refractivity contribution >= 4 is 43.7 Å². The van der Waals surface area contributed by atoms with Crippen LogP contribution in [0.5, 0.6) is 0 Å². The second-order valence-corrected chi connectivity index (χ2v) is 7.24. The van der Waals surface area contributed by atoms with Gasteiger partial charge in [-0.15, -0.1) is 0 Å². The molecule has 6 rings (SSSR count). The van der Waals surface area contributed by atoms with Crippen LogP contribution in [0.25, 0.3) is 43.7 Å². The molecule has 2 heterocycles. The van der Waals surface area contributed by atoms with E-state index in [9.17, 15) is 0 Å². The average molecular weight is 311 g/mol. The Morgan fingerprint density at radius 3 is 2.54 bits per heavy atom. The summed E-state index contributed by atoms with van der Waals surface area (Å²) in [6.45, 7) is 2.32. The van der Waals surface area contributed by atoms with Crippen LogP contribution in [0.1, 0.15) is 24.8 Å². The fourth-order valence-electron chi connectivity index (χ4n) is 4.15. The van der Waals surface area contributed by atoms with E-state index in [0.29, 0.717) is 0 Å². The van der Waals surface area contributed by atoms with Gasteiger partial charge in [0.2, 0.25) is 0 Å². The van der Waals surface area contributed by atoms with Gasteiger partial charge in [0.05, 0.1) is 5.52 Å². The Hall–Kier alpha value is -2.74. The van der Waals surface area contributed by atoms with Crippen LogP contribution in [0.15, 0.2) is 59.0 Å². The summed E-state index contributed by atoms with van der Waals surface area (Å²) in [6.07, 6.45) is 1.31. The molecular formula is C22H17NO. The quantitative estimate of drug-likeness (QED) is 0.384. The van der Waals surface area contributed by atoms with Gasteiger partial charge in [-0.3, -0.25) is 0 Å². The summed E-state index contributed by atoms with van der Waals surface area (Å²) in [5.41, 5.74) is 5.71. The molecule has 1 N–H and O–H groups in total. The lowest BCUT2D eigenvalue weighted by molar-refractivity contribution is 0.668. The molecule has 2 nitrogen and oxygen atoms in total. The van der Waals surface area contributed by atoms with Gasteiger partial charge in [-0.05, 0) is 42.0 Å². The Kier molecular flexibility index (Phi) is 2.22. The molecule has 116 valence electrons. The molecule has 0 spiro atoms. The highest BCUT2D eigenvalue weighted by atomic mass is 16.3. The van der Waals surface area contributed by atoms with Gasteiger partial charge in [-0.1, -0.05) is 37.3 Å². The molecule has 1 aliphatic rings. The van der Waals surface area contributed by atoms with Crippen LogP contribution < -0.4 is 0 Å². The number of hydrogen-bond acceptors (Lipinski definition) is 1. The van der Waals surface area contributed by atoms with Crippen molar-refractivity contribution in [3.05, 3.63) is 60.2 Å². The lowest BCUT2D eigenvalue weighted by Gasteiger charge is -1.98. The van der Waals surface area contributed by atoms with Gasteiger partial charge in [-0.2, -0.15) is 0 Å². The van der Waals surface area contributed by atoms with Gasteiger partial charge in [0.25, 0.3) is 0 Å². The van der Waals surface area contributed by atoms with Gasteiger partial charge in [0.15, 0.2) is 0 Å². The maximum absolute atomic E-state index is 6.19. The van der Waals surface area contributed by atoms with Gasteiger partial charge in [0.1, 0.15) is 11.2 Å². The predicted octanol–water partition coefficient (Wildman–Crippen LogP) is 6.34. The zero-order valence-electron chi connectivity index (χ0n) is 13.5. The Balaban J connectivity index is 1.67. The molecule has 1 fully saturated rings. The van der Waals surface area contributed by atoms with Gasteiger partial charge < -0.3 is 9.40 Å². The zero-order valence-corrected chi connectivity index (χ0v) is 13.5. The predicted molar refractivity (Wildman–Crippen MR) is 99.6 cm³/mol. The summed E-state index contributed by atoms with van der Waals surface area (Å²) in [5.74, 6) is 1.54. The summed E-state index contributed by atoms with van der Waals surface area (Å²) < 4.78 is 6.19. The highest BCUT2D eigenvalue weighted by Gasteiger charge is 2.34. The van der Waals surface area contributed by atoms with Crippen LogP contribution in [0, 0.1) is 5.92 Å². The van der Waals surface area contributed by atoms with E-state index in [-0.39, 0.29) is 0 Å². The number of furan rings is 1. The van der Waals surface area contributed by atoms with Crippen molar-refractivity contribution in [3.63, 3.8) is 0 Å². The van der Waals surface area contributed by atoms with Crippen molar-refractivity contribution in [2.24, 2.45) is 5.92 Å². The topological polar surface area (TPSA) is 28.9 Å². The van der Waals surface area contributed by atoms with Crippen LogP contribution in [-0.2, 0) is 0 Å². The first-order valence-corrected chi connectivity index (χ1v) is 8.64. The van der Waals surface area contributed by atoms with E-state index in [4.69, 9.17) is 4.42 Å². The molecule has 2 heteroatoms. The lowest BCUT2D eigenvalue weighted by Crippen LogP contribution is -1.79. The van der Waals surface area contributed by atoms with E-state index in [1.165, 1.54) is 39.0 Å². The zero-order chi connectivity index (χ0) is 15.8. The van der Waals surface area contributed by atoms with Crippen molar-refractivity contribution in [2.75, 3.05) is 0 Å². The fraction of sp³-hybridized carbons (Fsp3) is 0.182. The molecule has 0 bridgehead atoms. The Labute approximate surface area is 139 Å². The number of fused-ring (bicyclic) bond motifs is 6. The van der Waals surface area contributed by atoms with Crippen molar-refractivity contribution in [1.29, 1.82) is 0 Å². The SMILES string of the molecule is CC1CC1c1ccc2c(c1)oc1cc3[nH]c4ccccc4c3cc12. The van der Waals surface area contributed by atoms with Crippen molar-refractivity contribution in [3.8, 4) is 0 Å². The Morgan fingerprint density at radius 2 is 1.67 bits per heavy atom. The van der Waals surface area contributed by atoms with E-state index in [2.05, 4.69) is 66.5 Å². The van der Waals surface area contributed by atoms with E-state index in [0.717, 1.165) is 28.5 Å². The van der Waals surface area contributed by atoms with Crippen LogP contribution >= 0.6 is 0 Å². The number of nitrogens with one attached hydrogen (secondary N) is 1. The first kappa shape index (κ1) is 12.7. The highest BCUT2D eigenvalue weighted by molar-refractivity contribution is 6.16. The van der Waals surface area contributed by atoms with Crippen molar-refractivity contribution in [2.45, 2.75) is 19.3 Å². The van der Waals surface area contributed by atoms with E-state index in [1.807, 2.05) is 0 Å². The number of rotatable bonds is 1. The lowest BCUT2D eigenvalue weighted by atomic mass is 10.0. The van der Waals surface area contributed by atoms with Gasteiger partial charge in [0, 0.05) is 33.1 Å². The molecular weight excluding hydrogens is 294 g/mol. The first-order valence-electron chi connectivity index (χ1n) is 8.64. The normalized spacial score (nSPS) is 20.5. The molecule has 0 saturated heterocycles. The largest absolute Gasteiger partial charge is 0.456 e. The maximum Gasteiger partial charge on any atom is 0.137 e. The monoisotopic (exact) mass is 311 g/mol. The number of aromatic nitrogens is 1. The fourth-order valence-corrected chi connectivity index (χ4v) is 4.15. The molecule has 2 unspecified atom stereocenters. The van der Waals surface area contributed by atoms with Gasteiger partial charge >= 0.3 is 0 Å². The first-order chi connectivity index (χ1) is 11.8. The smallest absolute Gasteiger partial charge is 0.137 e. The minimum atomic E-state index is 0.723. The molecule has 0 aliphatic heterocycles. The van der Waals surface area contributed by atoms with Crippen LogP contribution in [0.2, 0.25) is 0 Å². The second-order valence-electron chi connectivity index (χ2n) is 7.24. The third-order valence-electron chi connectivity index (χ3n) is 5.66. The summed E-state index contributed by atoms with van der Waals surface area (Å²) in [7, 11) is 0. The summed E-state index contributed by atoms with van der Waals surface area (Å²) in [4.78, 5) is 3.50. The molecule has 1 aliphatic carbocycles. The van der Waals surface area contributed by atoms with Gasteiger partial charge in [-0.25, -0.2) is 0 Å². The number of para-hydroxylation sites is 1. The molecule has 24 heavy (non-hydrogen) atoms. The molecule has 5 aromatic rings. The minimum Gasteiger partial charge on any atom is -0.456 e. The van der Waals surface area contributed by atoms with Crippen molar-refractivity contribution < 1.29 is 4.42 Å². The maximum atomic E-state index is 6.19. The van der Waals surface area contributed by atoms with E-state index in [1.54, 1.807) is 0 Å². The molecule has 2 aromatic heterocycles. The Bertz CT molecular complexity index is 1260. The summed E-state index contributed by atoms with van der Waals surface area (Å²) in [5, 5.41) is 4.96. The number of H-pyrrole nitrogens is 1. The standard InChI is InChI=1S/C22H17NO/c1-12-8-16(12)13-6-7-15-18-10-17-14-4-2-3-5-19(14)23-20(17)11-22(18)24-21(15)9-13/h2-7,9-12,16,23H,8H2,1H3. The summed E-state index contributed by atoms with van der Waals surface area (Å²) in [6, 6.07) is 19.6. The molecule has 0 amide bonds. The molecule has 0 radical (unpaired) electrons. The van der Waals surface area contributed by atoms with E-state index < -0.39 is 0 Å². The molecule has 1 saturated carbocycles. The number of aromatic amines is 1. The van der Waals surface area contributed by atoms with Crippen molar-refractivity contribution in [1.82, 2.24) is 4.98 Å². The summed E-state index contributed by atoms with van der Waals surface area (Å²) >= 11 is 0. The molecule has 3 aromatic carbocycles. The average Bonchev–Trinajstić information content (AvgIpc) is 3.08. The molecule has 2 atom stereocenters. The third-order valence-corrected chi connectivity index (χ3v) is 5.66. The third kappa shape index (κ3) is 1.60. The highest BCUT2D eigenvalue weighted by Crippen LogP contribution is 2.48. The van der Waals surface area contributed by atoms with Crippen LogP contribution in [0.4, 0.5) is 0 Å². The van der Waals surface area contributed by atoms with E-state index >= 15 is 0 Å². The van der Waals surface area contributed by atoms with Crippen LogP contribution in [0.3, 0.4) is 0 Å². The van der Waals surface area contributed by atoms with Crippen LogP contribution in [-0.4, -0.2) is 4.98 Å². The number of hydrogen-bond donors (Lipinski definition) is 1. The number of benzene rings is 3.